The number of phenolic OH excluding ortho intramolecular Hbond substituents is 2. The van der Waals surface area contributed by atoms with Crippen molar-refractivity contribution in [1.82, 2.24) is 0 Å². The SMILES string of the molecule is O=c1cc(C(F)(F)F)oc2c(O)c(O)ccc12. The topological polar surface area (TPSA) is 70.7 Å². The molecule has 17 heavy (non-hydrogen) atoms. The number of halogens is 3. The molecule has 4 nitrogen and oxygen atoms in total. The second-order valence-electron chi connectivity index (χ2n) is 3.28. The van der Waals surface area contributed by atoms with Gasteiger partial charge in [0.25, 0.3) is 0 Å². The summed E-state index contributed by atoms with van der Waals surface area (Å²) in [7, 11) is 0. The molecule has 0 saturated carbocycles. The number of hydrogen-bond donors (Lipinski definition) is 2. The zero-order chi connectivity index (χ0) is 12.8. The lowest BCUT2D eigenvalue weighted by Gasteiger charge is -2.07. The minimum Gasteiger partial charge on any atom is -0.504 e. The Bertz CT molecular complexity index is 642. The molecule has 0 bridgehead atoms. The van der Waals surface area contributed by atoms with E-state index in [1.807, 2.05) is 0 Å². The van der Waals surface area contributed by atoms with Gasteiger partial charge in [-0.15, -0.1) is 0 Å². The summed E-state index contributed by atoms with van der Waals surface area (Å²) in [6.45, 7) is 0. The minimum atomic E-state index is -4.84. The highest BCUT2D eigenvalue weighted by molar-refractivity contribution is 5.84. The van der Waals surface area contributed by atoms with E-state index in [-0.39, 0.29) is 5.39 Å². The summed E-state index contributed by atoms with van der Waals surface area (Å²) in [5, 5.41) is 18.2. The number of phenols is 2. The van der Waals surface area contributed by atoms with Crippen molar-refractivity contribution in [1.29, 1.82) is 0 Å². The van der Waals surface area contributed by atoms with Crippen LogP contribution in [0, 0.1) is 0 Å². The van der Waals surface area contributed by atoms with E-state index in [4.69, 9.17) is 5.11 Å². The van der Waals surface area contributed by atoms with Gasteiger partial charge in [-0.3, -0.25) is 4.79 Å². The molecule has 0 spiro atoms. The van der Waals surface area contributed by atoms with Gasteiger partial charge in [-0.1, -0.05) is 0 Å². The first-order chi connectivity index (χ1) is 7.80. The molecule has 0 radical (unpaired) electrons. The smallest absolute Gasteiger partial charge is 0.449 e. The summed E-state index contributed by atoms with van der Waals surface area (Å²) in [5.41, 5.74) is -1.64. The van der Waals surface area contributed by atoms with E-state index in [2.05, 4.69) is 4.42 Å². The largest absolute Gasteiger partial charge is 0.504 e. The van der Waals surface area contributed by atoms with Gasteiger partial charge in [-0.05, 0) is 12.1 Å². The standard InChI is InChI=1S/C10H5F3O4/c11-10(12,13)7-3-6(15)4-1-2-5(14)8(16)9(4)17-7/h1-3,14,16H. The minimum absolute atomic E-state index is 0.242. The van der Waals surface area contributed by atoms with Gasteiger partial charge >= 0.3 is 6.18 Å². The molecule has 2 N–H and O–H groups in total. The predicted octanol–water partition coefficient (Wildman–Crippen LogP) is 2.22. The van der Waals surface area contributed by atoms with E-state index in [1.54, 1.807) is 0 Å². The lowest BCUT2D eigenvalue weighted by Crippen LogP contribution is -2.10. The zero-order valence-corrected chi connectivity index (χ0v) is 8.08. The van der Waals surface area contributed by atoms with Crippen LogP contribution in [-0.4, -0.2) is 10.2 Å². The number of hydrogen-bond acceptors (Lipinski definition) is 4. The van der Waals surface area contributed by atoms with Crippen LogP contribution in [0.1, 0.15) is 5.76 Å². The molecule has 0 atom stereocenters. The molecule has 7 heteroatoms. The van der Waals surface area contributed by atoms with Gasteiger partial charge in [-0.2, -0.15) is 13.2 Å². The van der Waals surface area contributed by atoms with Gasteiger partial charge in [0, 0.05) is 6.07 Å². The van der Waals surface area contributed by atoms with Crippen molar-refractivity contribution >= 4 is 11.0 Å². The monoisotopic (exact) mass is 246 g/mol. The number of benzene rings is 1. The third-order valence-corrected chi connectivity index (χ3v) is 2.13. The van der Waals surface area contributed by atoms with Gasteiger partial charge in [0.2, 0.25) is 11.5 Å². The molecule has 0 aliphatic heterocycles. The summed E-state index contributed by atoms with van der Waals surface area (Å²) in [5.74, 6) is -3.10. The molecular weight excluding hydrogens is 241 g/mol. The number of rotatable bonds is 0. The summed E-state index contributed by atoms with van der Waals surface area (Å²) >= 11 is 0. The Morgan fingerprint density at radius 2 is 1.82 bits per heavy atom. The Morgan fingerprint density at radius 3 is 2.41 bits per heavy atom. The fraction of sp³-hybridized carbons (Fsp3) is 0.100. The predicted molar refractivity (Wildman–Crippen MR) is 50.8 cm³/mol. The first-order valence-corrected chi connectivity index (χ1v) is 4.36. The molecule has 0 unspecified atom stereocenters. The first kappa shape index (κ1) is 11.3. The van der Waals surface area contributed by atoms with E-state index < -0.39 is 34.4 Å². The Morgan fingerprint density at radius 1 is 1.18 bits per heavy atom. The molecule has 90 valence electrons. The molecule has 1 heterocycles. The lowest BCUT2D eigenvalue weighted by atomic mass is 10.2. The number of alkyl halides is 3. The summed E-state index contributed by atoms with van der Waals surface area (Å²) < 4.78 is 41.4. The van der Waals surface area contributed by atoms with Crippen molar-refractivity contribution in [2.45, 2.75) is 6.18 Å². The molecule has 0 aliphatic carbocycles. The highest BCUT2D eigenvalue weighted by Gasteiger charge is 2.35. The lowest BCUT2D eigenvalue weighted by molar-refractivity contribution is -0.152. The molecule has 1 aromatic carbocycles. The van der Waals surface area contributed by atoms with Gasteiger partial charge < -0.3 is 14.6 Å². The molecule has 1 aromatic heterocycles. The fourth-order valence-corrected chi connectivity index (χ4v) is 1.33. The van der Waals surface area contributed by atoms with Crippen molar-refractivity contribution in [2.24, 2.45) is 0 Å². The Balaban J connectivity index is 2.89. The van der Waals surface area contributed by atoms with E-state index >= 15 is 0 Å². The zero-order valence-electron chi connectivity index (χ0n) is 8.08. The van der Waals surface area contributed by atoms with Crippen molar-refractivity contribution in [3.8, 4) is 11.5 Å². The Hall–Kier alpha value is -2.18. The van der Waals surface area contributed by atoms with E-state index in [9.17, 15) is 23.1 Å². The van der Waals surface area contributed by atoms with E-state index in [0.717, 1.165) is 12.1 Å². The molecule has 2 aromatic rings. The number of aromatic hydroxyl groups is 2. The summed E-state index contributed by atoms with van der Waals surface area (Å²) in [6, 6.07) is 2.34. The second kappa shape index (κ2) is 3.41. The van der Waals surface area contributed by atoms with Crippen LogP contribution in [0.3, 0.4) is 0 Å². The third kappa shape index (κ3) is 1.79. The van der Waals surface area contributed by atoms with Gasteiger partial charge in [0.15, 0.2) is 16.8 Å². The van der Waals surface area contributed by atoms with Crippen LogP contribution in [0.25, 0.3) is 11.0 Å². The molecule has 0 amide bonds. The van der Waals surface area contributed by atoms with E-state index in [0.29, 0.717) is 6.07 Å². The maximum Gasteiger partial charge on any atom is 0.449 e. The van der Waals surface area contributed by atoms with Crippen LogP contribution in [0.5, 0.6) is 11.5 Å². The Kier molecular flexibility index (Phi) is 2.27. The summed E-state index contributed by atoms with van der Waals surface area (Å²) in [4.78, 5) is 11.4. The van der Waals surface area contributed by atoms with Crippen LogP contribution in [0.4, 0.5) is 13.2 Å². The van der Waals surface area contributed by atoms with Crippen LogP contribution < -0.4 is 5.43 Å². The van der Waals surface area contributed by atoms with Gasteiger partial charge in [0.1, 0.15) is 0 Å². The normalized spacial score (nSPS) is 11.9. The molecule has 2 rings (SSSR count). The van der Waals surface area contributed by atoms with Crippen LogP contribution in [0.15, 0.2) is 27.4 Å². The van der Waals surface area contributed by atoms with Crippen LogP contribution >= 0.6 is 0 Å². The van der Waals surface area contributed by atoms with Crippen molar-refractivity contribution in [2.75, 3.05) is 0 Å². The van der Waals surface area contributed by atoms with Crippen LogP contribution in [-0.2, 0) is 6.18 Å². The molecule has 0 fully saturated rings. The van der Waals surface area contributed by atoms with Crippen LogP contribution in [0.2, 0.25) is 0 Å². The van der Waals surface area contributed by atoms with Crippen molar-refractivity contribution in [3.63, 3.8) is 0 Å². The van der Waals surface area contributed by atoms with Gasteiger partial charge in [-0.25, -0.2) is 0 Å². The quantitative estimate of drug-likeness (QED) is 0.699. The van der Waals surface area contributed by atoms with Crippen molar-refractivity contribution < 1.29 is 27.8 Å². The molecule has 0 saturated heterocycles. The van der Waals surface area contributed by atoms with E-state index in [1.165, 1.54) is 0 Å². The summed E-state index contributed by atoms with van der Waals surface area (Å²) in [6.07, 6.45) is -4.84. The average molecular weight is 246 g/mol. The Labute approximate surface area is 91.5 Å². The number of fused-ring (bicyclic) bond motifs is 1. The van der Waals surface area contributed by atoms with Gasteiger partial charge in [0.05, 0.1) is 5.39 Å². The average Bonchev–Trinajstić information content (AvgIpc) is 2.22. The highest BCUT2D eigenvalue weighted by Crippen LogP contribution is 2.36. The maximum absolute atomic E-state index is 12.4. The van der Waals surface area contributed by atoms with Crippen molar-refractivity contribution in [3.05, 3.63) is 34.2 Å². The highest BCUT2D eigenvalue weighted by atomic mass is 19.4. The molecular formula is C10H5F3O4. The third-order valence-electron chi connectivity index (χ3n) is 2.13. The molecule has 0 aliphatic rings. The first-order valence-electron chi connectivity index (χ1n) is 4.36. The second-order valence-corrected chi connectivity index (χ2v) is 3.28. The maximum atomic E-state index is 12.4. The fourth-order valence-electron chi connectivity index (χ4n) is 1.33.